The molecule has 29 heavy (non-hydrogen) atoms. The maximum atomic E-state index is 13.3. The van der Waals surface area contributed by atoms with Crippen LogP contribution in [0.15, 0.2) is 94.0 Å². The normalized spacial score (nSPS) is 15.0. The number of carbonyl (C=O) groups excluding carboxylic acids is 1. The summed E-state index contributed by atoms with van der Waals surface area (Å²) in [6, 6.07) is 25.0. The summed E-state index contributed by atoms with van der Waals surface area (Å²) >= 11 is 3.43. The highest BCUT2D eigenvalue weighted by Crippen LogP contribution is 2.29. The zero-order valence-electron chi connectivity index (χ0n) is 15.9. The summed E-state index contributed by atoms with van der Waals surface area (Å²) in [6.45, 7) is 2.54. The topological polar surface area (TPSA) is 41.9 Å². The van der Waals surface area contributed by atoms with Gasteiger partial charge in [0.25, 0.3) is 5.91 Å². The highest BCUT2D eigenvalue weighted by atomic mass is 79.9. The summed E-state index contributed by atoms with van der Waals surface area (Å²) in [5.74, 6) is 1.23. The lowest BCUT2D eigenvalue weighted by molar-refractivity contribution is -0.113. The van der Waals surface area contributed by atoms with Gasteiger partial charge in [-0.2, -0.15) is 0 Å². The van der Waals surface area contributed by atoms with Crippen molar-refractivity contribution in [1.82, 2.24) is 0 Å². The van der Waals surface area contributed by atoms with Crippen molar-refractivity contribution in [1.29, 1.82) is 0 Å². The van der Waals surface area contributed by atoms with Crippen LogP contribution in [0.4, 0.5) is 5.69 Å². The zero-order valence-corrected chi connectivity index (χ0v) is 17.5. The molecule has 0 aliphatic carbocycles. The second-order valence-electron chi connectivity index (χ2n) is 6.45. The van der Waals surface area contributed by atoms with E-state index in [-0.39, 0.29) is 5.91 Å². The third kappa shape index (κ3) is 4.15. The van der Waals surface area contributed by atoms with Gasteiger partial charge in [-0.3, -0.25) is 9.69 Å². The molecule has 5 heteroatoms. The Morgan fingerprint density at radius 3 is 2.31 bits per heavy atom. The largest absolute Gasteiger partial charge is 0.494 e. The molecule has 0 saturated heterocycles. The fraction of sp³-hybridized carbons (Fsp3) is 0.0833. The molecule has 4 nitrogen and oxygen atoms in total. The van der Waals surface area contributed by atoms with Gasteiger partial charge < -0.3 is 4.74 Å². The molecule has 1 aliphatic rings. The van der Waals surface area contributed by atoms with Gasteiger partial charge in [-0.05, 0) is 55.0 Å². The number of aliphatic imine (C=N–C) groups is 1. The monoisotopic (exact) mass is 446 g/mol. The summed E-state index contributed by atoms with van der Waals surface area (Å²) in [4.78, 5) is 19.6. The highest BCUT2D eigenvalue weighted by Gasteiger charge is 2.32. The zero-order chi connectivity index (χ0) is 20.2. The quantitative estimate of drug-likeness (QED) is 0.472. The molecule has 0 saturated carbocycles. The van der Waals surface area contributed by atoms with Gasteiger partial charge in [0.15, 0.2) is 0 Å². The predicted octanol–water partition coefficient (Wildman–Crippen LogP) is 5.68. The summed E-state index contributed by atoms with van der Waals surface area (Å²) in [6.07, 6.45) is 1.81. The predicted molar refractivity (Wildman–Crippen MR) is 120 cm³/mol. The molecule has 0 aromatic heterocycles. The molecule has 0 fully saturated rings. The third-order valence-corrected chi connectivity index (χ3v) is 5.00. The molecule has 1 amide bonds. The summed E-state index contributed by atoms with van der Waals surface area (Å²) < 4.78 is 6.51. The van der Waals surface area contributed by atoms with Crippen LogP contribution in [0.1, 0.15) is 18.1 Å². The molecule has 3 aromatic rings. The Kier molecular flexibility index (Phi) is 5.58. The second kappa shape index (κ2) is 8.45. The van der Waals surface area contributed by atoms with Gasteiger partial charge >= 0.3 is 0 Å². The summed E-state index contributed by atoms with van der Waals surface area (Å²) in [5.41, 5.74) is 2.95. The van der Waals surface area contributed by atoms with E-state index >= 15 is 0 Å². The molecular formula is C24H19BrN2O2. The Hall–Kier alpha value is -3.18. The van der Waals surface area contributed by atoms with Crippen LogP contribution in [0.2, 0.25) is 0 Å². The van der Waals surface area contributed by atoms with Crippen LogP contribution in [0.3, 0.4) is 0 Å². The first-order valence-corrected chi connectivity index (χ1v) is 10.1. The van der Waals surface area contributed by atoms with Crippen molar-refractivity contribution in [2.24, 2.45) is 4.99 Å². The molecule has 0 N–H and O–H groups in total. The van der Waals surface area contributed by atoms with E-state index in [2.05, 4.69) is 20.9 Å². The van der Waals surface area contributed by atoms with Gasteiger partial charge in [-0.15, -0.1) is 0 Å². The smallest absolute Gasteiger partial charge is 0.282 e. The molecule has 0 atom stereocenters. The number of hydrogen-bond donors (Lipinski definition) is 0. The van der Waals surface area contributed by atoms with Gasteiger partial charge in [-0.25, -0.2) is 4.99 Å². The number of anilines is 1. The lowest BCUT2D eigenvalue weighted by Gasteiger charge is -2.19. The minimum Gasteiger partial charge on any atom is -0.494 e. The number of carbonyl (C=O) groups is 1. The Balaban J connectivity index is 1.76. The maximum absolute atomic E-state index is 13.3. The molecule has 4 rings (SSSR count). The van der Waals surface area contributed by atoms with E-state index in [0.29, 0.717) is 18.1 Å². The first-order chi connectivity index (χ1) is 14.2. The van der Waals surface area contributed by atoms with Crippen molar-refractivity contribution in [3.63, 3.8) is 0 Å². The molecule has 0 radical (unpaired) electrons. The first-order valence-electron chi connectivity index (χ1n) is 9.34. The number of ether oxygens (including phenoxy) is 1. The number of hydrogen-bond acceptors (Lipinski definition) is 3. The second-order valence-corrected chi connectivity index (χ2v) is 7.37. The molecule has 0 unspecified atom stereocenters. The van der Waals surface area contributed by atoms with Crippen molar-refractivity contribution in [3.05, 3.63) is 100 Å². The van der Waals surface area contributed by atoms with E-state index in [1.54, 1.807) is 4.90 Å². The molecule has 144 valence electrons. The van der Waals surface area contributed by atoms with E-state index in [1.165, 1.54) is 0 Å². The van der Waals surface area contributed by atoms with Crippen molar-refractivity contribution < 1.29 is 9.53 Å². The van der Waals surface area contributed by atoms with Crippen molar-refractivity contribution >= 4 is 39.4 Å². The first kappa shape index (κ1) is 19.2. The van der Waals surface area contributed by atoms with Gasteiger partial charge in [0, 0.05) is 10.0 Å². The lowest BCUT2D eigenvalue weighted by Crippen LogP contribution is -2.32. The van der Waals surface area contributed by atoms with Crippen LogP contribution < -0.4 is 9.64 Å². The fourth-order valence-corrected chi connectivity index (χ4v) is 3.38. The average Bonchev–Trinajstić information content (AvgIpc) is 3.07. The minimum absolute atomic E-state index is 0.157. The number of halogens is 1. The van der Waals surface area contributed by atoms with Crippen molar-refractivity contribution in [2.45, 2.75) is 6.92 Å². The Morgan fingerprint density at radius 1 is 0.966 bits per heavy atom. The van der Waals surface area contributed by atoms with E-state index in [9.17, 15) is 4.79 Å². The standard InChI is InChI=1S/C24H19BrN2O2/c1-2-29-21-14-12-20(13-15-21)27-23(18-6-4-3-5-7-18)26-22(24(27)28)16-17-8-10-19(25)11-9-17/h3-16H,2H2,1H3/b22-16+. The van der Waals surface area contributed by atoms with E-state index < -0.39 is 0 Å². The Bertz CT molecular complexity index is 1070. The van der Waals surface area contributed by atoms with Gasteiger partial charge in [0.1, 0.15) is 17.3 Å². The minimum atomic E-state index is -0.157. The van der Waals surface area contributed by atoms with Crippen LogP contribution in [0.5, 0.6) is 5.75 Å². The fourth-order valence-electron chi connectivity index (χ4n) is 3.11. The van der Waals surface area contributed by atoms with Crippen LogP contribution in [0, 0.1) is 0 Å². The van der Waals surface area contributed by atoms with Crippen LogP contribution >= 0.6 is 15.9 Å². The molecule has 1 heterocycles. The number of benzene rings is 3. The Labute approximate surface area is 178 Å². The summed E-state index contributed by atoms with van der Waals surface area (Å²) in [5, 5.41) is 0. The highest BCUT2D eigenvalue weighted by molar-refractivity contribution is 9.10. The van der Waals surface area contributed by atoms with Crippen molar-refractivity contribution in [2.75, 3.05) is 11.5 Å². The van der Waals surface area contributed by atoms with E-state index in [4.69, 9.17) is 4.74 Å². The maximum Gasteiger partial charge on any atom is 0.282 e. The number of amidine groups is 1. The van der Waals surface area contributed by atoms with E-state index in [1.807, 2.05) is 91.9 Å². The molecule has 1 aliphatic heterocycles. The van der Waals surface area contributed by atoms with Crippen molar-refractivity contribution in [3.8, 4) is 5.75 Å². The average molecular weight is 447 g/mol. The van der Waals surface area contributed by atoms with Crippen LogP contribution in [-0.2, 0) is 4.79 Å². The lowest BCUT2D eigenvalue weighted by atomic mass is 10.1. The number of amides is 1. The van der Waals surface area contributed by atoms with Gasteiger partial charge in [-0.1, -0.05) is 58.4 Å². The molecule has 3 aromatic carbocycles. The number of nitrogens with zero attached hydrogens (tertiary/aromatic N) is 2. The molecule has 0 spiro atoms. The SMILES string of the molecule is CCOc1ccc(N2C(=O)/C(=C\c3ccc(Br)cc3)N=C2c2ccccc2)cc1. The molecule has 0 bridgehead atoms. The van der Waals surface area contributed by atoms with Gasteiger partial charge in [0.05, 0.1) is 12.3 Å². The molecular weight excluding hydrogens is 428 g/mol. The van der Waals surface area contributed by atoms with E-state index in [0.717, 1.165) is 27.0 Å². The summed E-state index contributed by atoms with van der Waals surface area (Å²) in [7, 11) is 0. The van der Waals surface area contributed by atoms with Crippen LogP contribution in [-0.4, -0.2) is 18.3 Å². The Morgan fingerprint density at radius 2 is 1.66 bits per heavy atom. The third-order valence-electron chi connectivity index (χ3n) is 4.47. The van der Waals surface area contributed by atoms with Gasteiger partial charge in [0.2, 0.25) is 0 Å². The number of rotatable bonds is 5. The van der Waals surface area contributed by atoms with Crippen LogP contribution in [0.25, 0.3) is 6.08 Å².